The zero-order chi connectivity index (χ0) is 23.2. The average Bonchev–Trinajstić information content (AvgIpc) is 3.54. The Morgan fingerprint density at radius 3 is 2.74 bits per heavy atom. The van der Waals surface area contributed by atoms with Gasteiger partial charge in [0.15, 0.2) is 28.5 Å². The molecule has 1 aliphatic rings. The van der Waals surface area contributed by atoms with E-state index in [1.54, 1.807) is 0 Å². The zero-order valence-corrected chi connectivity index (χ0v) is 19.1. The van der Waals surface area contributed by atoms with Gasteiger partial charge in [-0.1, -0.05) is 26.0 Å². The van der Waals surface area contributed by atoms with E-state index in [0.717, 1.165) is 41.0 Å². The van der Waals surface area contributed by atoms with Gasteiger partial charge in [0, 0.05) is 18.9 Å². The maximum atomic E-state index is 12.5. The van der Waals surface area contributed by atoms with Crippen molar-refractivity contribution in [1.29, 1.82) is 0 Å². The summed E-state index contributed by atoms with van der Waals surface area (Å²) in [7, 11) is 0. The zero-order valence-electron chi connectivity index (χ0n) is 19.1. The lowest BCUT2D eigenvalue weighted by Gasteiger charge is -2.09. The number of aromatic nitrogens is 4. The largest absolute Gasteiger partial charge is 0.454 e. The molecule has 4 heterocycles. The number of carbonyl (C=O) groups is 1. The first-order valence-electron chi connectivity index (χ1n) is 11.6. The molecule has 0 unspecified atom stereocenters. The van der Waals surface area contributed by atoms with Crippen LogP contribution in [0.3, 0.4) is 0 Å². The Hall–Kier alpha value is -4.07. The van der Waals surface area contributed by atoms with E-state index < -0.39 is 0 Å². The molecule has 0 atom stereocenters. The molecule has 0 amide bonds. The van der Waals surface area contributed by atoms with Crippen LogP contribution in [0.1, 0.15) is 38.9 Å². The summed E-state index contributed by atoms with van der Waals surface area (Å²) >= 11 is 0. The fraction of sp³-hybridized carbons (Fsp3) is 0.269. The number of esters is 1. The van der Waals surface area contributed by atoms with E-state index in [9.17, 15) is 4.79 Å². The Labute approximate surface area is 195 Å². The summed E-state index contributed by atoms with van der Waals surface area (Å²) < 4.78 is 20.9. The second-order valence-corrected chi connectivity index (χ2v) is 8.36. The quantitative estimate of drug-likeness (QED) is 0.326. The number of para-hydroxylation sites is 2. The molecule has 5 aromatic rings. The van der Waals surface area contributed by atoms with Crippen molar-refractivity contribution in [3.8, 4) is 22.9 Å². The molecule has 1 aliphatic heterocycles. The van der Waals surface area contributed by atoms with E-state index in [4.69, 9.17) is 24.2 Å². The first kappa shape index (κ1) is 20.5. The Kier molecular flexibility index (Phi) is 4.86. The fourth-order valence-corrected chi connectivity index (χ4v) is 4.50. The number of nitrogens with zero attached hydrogens (tertiary/aromatic N) is 4. The van der Waals surface area contributed by atoms with Gasteiger partial charge in [0.05, 0.1) is 22.9 Å². The predicted molar refractivity (Wildman–Crippen MR) is 128 cm³/mol. The molecule has 2 aromatic carbocycles. The van der Waals surface area contributed by atoms with Gasteiger partial charge in [-0.3, -0.25) is 13.8 Å². The molecule has 0 N–H and O–H groups in total. The summed E-state index contributed by atoms with van der Waals surface area (Å²) in [6.45, 7) is 4.28. The van der Waals surface area contributed by atoms with E-state index in [1.807, 2.05) is 60.2 Å². The van der Waals surface area contributed by atoms with Crippen molar-refractivity contribution in [2.45, 2.75) is 39.5 Å². The minimum absolute atomic E-state index is 0.200. The minimum atomic E-state index is -0.279. The fourth-order valence-electron chi connectivity index (χ4n) is 4.50. The molecular formula is C26H24N4O4. The smallest absolute Gasteiger partial charge is 0.311 e. The van der Waals surface area contributed by atoms with Crippen LogP contribution >= 0.6 is 0 Å². The van der Waals surface area contributed by atoms with Crippen molar-refractivity contribution < 1.29 is 19.0 Å². The molecule has 0 saturated carbocycles. The topological polar surface area (TPSA) is 79.9 Å². The number of ether oxygens (including phenoxy) is 3. The van der Waals surface area contributed by atoms with Gasteiger partial charge in [-0.15, -0.1) is 0 Å². The molecule has 8 nitrogen and oxygen atoms in total. The van der Waals surface area contributed by atoms with Gasteiger partial charge in [-0.05, 0) is 37.1 Å². The number of rotatable bonds is 6. The van der Waals surface area contributed by atoms with Crippen molar-refractivity contribution in [1.82, 2.24) is 18.9 Å². The highest BCUT2D eigenvalue weighted by molar-refractivity contribution is 6.01. The van der Waals surface area contributed by atoms with Crippen molar-refractivity contribution in [2.24, 2.45) is 0 Å². The van der Waals surface area contributed by atoms with Crippen LogP contribution in [0, 0.1) is 0 Å². The third-order valence-corrected chi connectivity index (χ3v) is 6.01. The van der Waals surface area contributed by atoms with Gasteiger partial charge < -0.3 is 14.2 Å². The molecule has 3 aromatic heterocycles. The molecular weight excluding hydrogens is 432 g/mol. The molecule has 0 radical (unpaired) electrons. The molecule has 0 aliphatic carbocycles. The molecule has 8 heteroatoms. The number of carbonyl (C=O) groups excluding carboxylic acids is 1. The van der Waals surface area contributed by atoms with Gasteiger partial charge in [-0.2, -0.15) is 0 Å². The first-order chi connectivity index (χ1) is 16.7. The summed E-state index contributed by atoms with van der Waals surface area (Å²) in [5.41, 5.74) is 4.10. The van der Waals surface area contributed by atoms with Crippen LogP contribution in [-0.2, 0) is 11.2 Å². The molecule has 0 fully saturated rings. The van der Waals surface area contributed by atoms with Gasteiger partial charge in [-0.25, -0.2) is 9.97 Å². The number of fused-ring (bicyclic) bond motifs is 6. The molecule has 0 saturated heterocycles. The standard InChI is InChI=1S/C26H24N4O4/c1-3-7-22-28-25-24(26-27-17-9-5-6-10-18(17)30(22)26)21(34-23(31)8-4-2)14-29(25)16-11-12-19-20(13-16)33-15-32-19/h5-6,9-14H,3-4,7-8,15H2,1-2H3. The highest BCUT2D eigenvalue weighted by atomic mass is 16.7. The SMILES string of the molecule is CCCC(=O)Oc1cn(-c2ccc3c(c2)OCO3)c2nc(CCC)n3c4ccccc4nc3c12. The number of hydrogen-bond donors (Lipinski definition) is 0. The van der Waals surface area contributed by atoms with Crippen molar-refractivity contribution >= 4 is 33.7 Å². The Morgan fingerprint density at radius 2 is 1.88 bits per heavy atom. The molecule has 172 valence electrons. The van der Waals surface area contributed by atoms with Crippen LogP contribution in [-0.4, -0.2) is 31.7 Å². The Bertz CT molecular complexity index is 1570. The molecule has 6 rings (SSSR count). The summed E-state index contributed by atoms with van der Waals surface area (Å²) in [6, 6.07) is 13.7. The molecule has 34 heavy (non-hydrogen) atoms. The van der Waals surface area contributed by atoms with Crippen LogP contribution in [0.2, 0.25) is 0 Å². The number of aryl methyl sites for hydroxylation is 1. The monoisotopic (exact) mass is 456 g/mol. The van der Waals surface area contributed by atoms with Gasteiger partial charge in [0.1, 0.15) is 11.2 Å². The van der Waals surface area contributed by atoms with E-state index in [2.05, 4.69) is 11.3 Å². The lowest BCUT2D eigenvalue weighted by molar-refractivity contribution is -0.134. The lowest BCUT2D eigenvalue weighted by atomic mass is 10.2. The van der Waals surface area contributed by atoms with Crippen molar-refractivity contribution in [3.63, 3.8) is 0 Å². The second-order valence-electron chi connectivity index (χ2n) is 8.36. The van der Waals surface area contributed by atoms with Crippen molar-refractivity contribution in [3.05, 3.63) is 54.5 Å². The van der Waals surface area contributed by atoms with Crippen LogP contribution in [0.4, 0.5) is 0 Å². The maximum absolute atomic E-state index is 12.5. The van der Waals surface area contributed by atoms with Crippen LogP contribution < -0.4 is 14.2 Å². The van der Waals surface area contributed by atoms with Gasteiger partial charge >= 0.3 is 5.97 Å². The van der Waals surface area contributed by atoms with E-state index >= 15 is 0 Å². The summed E-state index contributed by atoms with van der Waals surface area (Å²) in [6.07, 6.45) is 4.58. The van der Waals surface area contributed by atoms with E-state index in [1.165, 1.54) is 0 Å². The third-order valence-electron chi connectivity index (χ3n) is 6.01. The summed E-state index contributed by atoms with van der Waals surface area (Å²) in [5, 5.41) is 0.707. The third kappa shape index (κ3) is 3.17. The Balaban J connectivity index is 1.67. The maximum Gasteiger partial charge on any atom is 0.311 e. The van der Waals surface area contributed by atoms with Crippen LogP contribution in [0.25, 0.3) is 33.4 Å². The average molecular weight is 457 g/mol. The first-order valence-corrected chi connectivity index (χ1v) is 11.6. The highest BCUT2D eigenvalue weighted by Crippen LogP contribution is 2.38. The Morgan fingerprint density at radius 1 is 1.03 bits per heavy atom. The summed E-state index contributed by atoms with van der Waals surface area (Å²) in [5.74, 6) is 2.45. The number of imidazole rings is 1. The van der Waals surface area contributed by atoms with Crippen LogP contribution in [0.15, 0.2) is 48.7 Å². The number of benzene rings is 2. The van der Waals surface area contributed by atoms with Crippen LogP contribution in [0.5, 0.6) is 17.2 Å². The van der Waals surface area contributed by atoms with Gasteiger partial charge in [0.25, 0.3) is 0 Å². The second kappa shape index (κ2) is 8.06. The predicted octanol–water partition coefficient (Wildman–Crippen LogP) is 5.21. The number of hydrogen-bond acceptors (Lipinski definition) is 6. The normalized spacial score (nSPS) is 12.8. The highest BCUT2D eigenvalue weighted by Gasteiger charge is 2.24. The van der Waals surface area contributed by atoms with E-state index in [-0.39, 0.29) is 12.8 Å². The molecule has 0 bridgehead atoms. The summed E-state index contributed by atoms with van der Waals surface area (Å²) in [4.78, 5) is 22.5. The van der Waals surface area contributed by atoms with Crippen molar-refractivity contribution in [2.75, 3.05) is 6.79 Å². The van der Waals surface area contributed by atoms with Gasteiger partial charge in [0.2, 0.25) is 6.79 Å². The lowest BCUT2D eigenvalue weighted by Crippen LogP contribution is -2.07. The minimum Gasteiger partial charge on any atom is -0.454 e. The van der Waals surface area contributed by atoms with E-state index in [0.29, 0.717) is 41.1 Å². The molecule has 0 spiro atoms.